The number of benzene rings is 2. The smallest absolute Gasteiger partial charge is 0.226 e. The summed E-state index contributed by atoms with van der Waals surface area (Å²) in [6, 6.07) is 15.4. The highest BCUT2D eigenvalue weighted by Gasteiger charge is 2.40. The summed E-state index contributed by atoms with van der Waals surface area (Å²) in [5.74, 6) is 2.07. The molecule has 0 fully saturated rings. The highest BCUT2D eigenvalue weighted by Crippen LogP contribution is 2.45. The quantitative estimate of drug-likeness (QED) is 0.494. The maximum Gasteiger partial charge on any atom is 0.226 e. The Bertz CT molecular complexity index is 1450. The normalized spacial score (nSPS) is 19.4. The van der Waals surface area contributed by atoms with Crippen molar-refractivity contribution in [2.75, 3.05) is 19.5 Å². The molecule has 0 saturated carbocycles. The van der Waals surface area contributed by atoms with Crippen molar-refractivity contribution in [3.8, 4) is 11.5 Å². The average Bonchev–Trinajstić information content (AvgIpc) is 3.35. The number of nitrogens with one attached hydrogen (secondary N) is 1. The fraction of sp³-hybridized carbons (Fsp3) is 0.231. The van der Waals surface area contributed by atoms with Crippen molar-refractivity contribution in [3.63, 3.8) is 0 Å². The lowest BCUT2D eigenvalue weighted by atomic mass is 9.77. The summed E-state index contributed by atoms with van der Waals surface area (Å²) in [4.78, 5) is 22.6. The Morgan fingerprint density at radius 3 is 2.71 bits per heavy atom. The number of anilines is 1. The van der Waals surface area contributed by atoms with Crippen molar-refractivity contribution in [2.24, 2.45) is 0 Å². The Hall–Kier alpha value is -4.20. The predicted molar refractivity (Wildman–Crippen MR) is 127 cm³/mol. The molecule has 0 spiro atoms. The van der Waals surface area contributed by atoms with E-state index in [2.05, 4.69) is 20.4 Å². The first-order valence-electron chi connectivity index (χ1n) is 11.2. The van der Waals surface area contributed by atoms with Gasteiger partial charge in [-0.1, -0.05) is 24.3 Å². The number of carbonyl (C=O) groups is 1. The zero-order valence-electron chi connectivity index (χ0n) is 18.9. The van der Waals surface area contributed by atoms with Gasteiger partial charge in [-0.15, -0.1) is 0 Å². The van der Waals surface area contributed by atoms with E-state index in [-0.39, 0.29) is 17.7 Å². The second-order valence-corrected chi connectivity index (χ2v) is 8.51. The van der Waals surface area contributed by atoms with Gasteiger partial charge in [0.05, 0.1) is 19.7 Å². The average molecular weight is 454 g/mol. The van der Waals surface area contributed by atoms with E-state index in [1.165, 1.54) is 6.33 Å². The standard InChI is InChI=1S/C26H23N5O3/c1-33-22-8-7-15(13-23(22)34-2)16-11-20-24(21(32)12-16)25(31-26(30-20)28-14-29-31)18-9-10-27-19-6-4-3-5-17(18)19/h3-10,13-14,16,25H,11-12H2,1-2H3,(H,28,29,30)/t16-,25-/m0/s1. The number of methoxy groups -OCH3 is 2. The summed E-state index contributed by atoms with van der Waals surface area (Å²) in [6.45, 7) is 0. The molecule has 2 aliphatic rings. The molecule has 0 saturated heterocycles. The van der Waals surface area contributed by atoms with Crippen LogP contribution in [0, 0.1) is 0 Å². The second-order valence-electron chi connectivity index (χ2n) is 8.51. The number of hydrogen-bond acceptors (Lipinski definition) is 7. The van der Waals surface area contributed by atoms with E-state index in [1.54, 1.807) is 25.1 Å². The van der Waals surface area contributed by atoms with Crippen LogP contribution in [0.5, 0.6) is 11.5 Å². The van der Waals surface area contributed by atoms with Crippen molar-refractivity contribution in [2.45, 2.75) is 24.8 Å². The second kappa shape index (κ2) is 7.98. The van der Waals surface area contributed by atoms with Crippen molar-refractivity contribution in [1.29, 1.82) is 0 Å². The van der Waals surface area contributed by atoms with Crippen LogP contribution in [0.3, 0.4) is 0 Å². The molecule has 1 aliphatic carbocycles. The molecule has 0 amide bonds. The molecular weight excluding hydrogens is 430 g/mol. The Morgan fingerprint density at radius 1 is 1.00 bits per heavy atom. The molecule has 8 heteroatoms. The van der Waals surface area contributed by atoms with E-state index in [4.69, 9.17) is 9.47 Å². The van der Waals surface area contributed by atoms with Crippen LogP contribution >= 0.6 is 0 Å². The van der Waals surface area contributed by atoms with E-state index in [9.17, 15) is 4.79 Å². The fourth-order valence-electron chi connectivity index (χ4n) is 5.14. The minimum Gasteiger partial charge on any atom is -0.493 e. The number of aromatic nitrogens is 4. The minimum absolute atomic E-state index is 0.0165. The van der Waals surface area contributed by atoms with E-state index in [0.29, 0.717) is 30.3 Å². The van der Waals surface area contributed by atoms with Crippen LogP contribution in [0.2, 0.25) is 0 Å². The summed E-state index contributed by atoms with van der Waals surface area (Å²) in [5, 5.41) is 8.86. The maximum absolute atomic E-state index is 13.7. The van der Waals surface area contributed by atoms with Crippen molar-refractivity contribution < 1.29 is 14.3 Å². The highest BCUT2D eigenvalue weighted by molar-refractivity contribution is 6.01. The van der Waals surface area contributed by atoms with Crippen LogP contribution in [-0.2, 0) is 4.79 Å². The number of fused-ring (bicyclic) bond motifs is 2. The molecule has 0 bridgehead atoms. The molecule has 2 aromatic heterocycles. The van der Waals surface area contributed by atoms with Crippen LogP contribution in [0.15, 0.2) is 72.3 Å². The van der Waals surface area contributed by atoms with Gasteiger partial charge in [-0.05, 0) is 47.7 Å². The first kappa shape index (κ1) is 20.4. The Kier molecular flexibility index (Phi) is 4.79. The molecule has 34 heavy (non-hydrogen) atoms. The van der Waals surface area contributed by atoms with E-state index in [0.717, 1.165) is 33.3 Å². The summed E-state index contributed by atoms with van der Waals surface area (Å²) in [7, 11) is 3.23. The lowest BCUT2D eigenvalue weighted by Gasteiger charge is -2.35. The summed E-state index contributed by atoms with van der Waals surface area (Å²) >= 11 is 0. The molecule has 3 heterocycles. The molecular formula is C26H23N5O3. The van der Waals surface area contributed by atoms with Gasteiger partial charge in [-0.3, -0.25) is 9.78 Å². The molecule has 6 rings (SSSR count). The molecule has 4 aromatic rings. The number of ketones is 1. The summed E-state index contributed by atoms with van der Waals surface area (Å²) in [5.41, 5.74) is 4.55. The first-order chi connectivity index (χ1) is 16.7. The number of Topliss-reactive ketones (excluding diaryl/α,β-unsaturated/α-hetero) is 1. The number of pyridine rings is 1. The third-order valence-electron chi connectivity index (χ3n) is 6.72. The van der Waals surface area contributed by atoms with Crippen molar-refractivity contribution in [1.82, 2.24) is 19.7 Å². The van der Waals surface area contributed by atoms with Gasteiger partial charge < -0.3 is 14.8 Å². The number of carbonyl (C=O) groups excluding carboxylic acids is 1. The summed E-state index contributed by atoms with van der Waals surface area (Å²) < 4.78 is 12.7. The van der Waals surface area contributed by atoms with E-state index >= 15 is 0 Å². The third kappa shape index (κ3) is 3.14. The van der Waals surface area contributed by atoms with Crippen LogP contribution in [0.25, 0.3) is 10.9 Å². The van der Waals surface area contributed by atoms with E-state index < -0.39 is 0 Å². The Morgan fingerprint density at radius 2 is 1.85 bits per heavy atom. The molecule has 8 nitrogen and oxygen atoms in total. The van der Waals surface area contributed by atoms with Gasteiger partial charge in [0.25, 0.3) is 0 Å². The molecule has 2 aromatic carbocycles. The van der Waals surface area contributed by atoms with Gasteiger partial charge in [0.1, 0.15) is 12.4 Å². The zero-order chi connectivity index (χ0) is 23.2. The molecule has 1 N–H and O–H groups in total. The number of allylic oxidation sites excluding steroid dienone is 2. The monoisotopic (exact) mass is 453 g/mol. The highest BCUT2D eigenvalue weighted by atomic mass is 16.5. The zero-order valence-corrected chi connectivity index (χ0v) is 18.9. The van der Waals surface area contributed by atoms with Crippen LogP contribution in [0.1, 0.15) is 35.9 Å². The van der Waals surface area contributed by atoms with Crippen molar-refractivity contribution in [3.05, 3.63) is 83.5 Å². The molecule has 0 radical (unpaired) electrons. The number of nitrogens with zero attached hydrogens (tertiary/aromatic N) is 4. The maximum atomic E-state index is 13.7. The Balaban J connectivity index is 1.46. The SMILES string of the molecule is COc1ccc([C@@H]2CC(=O)C3=C(C2)Nc2ncnn2[C@H]3c2ccnc3ccccc23)cc1OC. The lowest BCUT2D eigenvalue weighted by molar-refractivity contribution is -0.116. The van der Waals surface area contributed by atoms with Crippen LogP contribution in [-0.4, -0.2) is 39.8 Å². The van der Waals surface area contributed by atoms with Crippen LogP contribution in [0.4, 0.5) is 5.95 Å². The number of para-hydroxylation sites is 1. The number of rotatable bonds is 4. The van der Waals surface area contributed by atoms with Crippen LogP contribution < -0.4 is 14.8 Å². The van der Waals surface area contributed by atoms with Gasteiger partial charge in [0.2, 0.25) is 5.95 Å². The first-order valence-corrected chi connectivity index (χ1v) is 11.2. The lowest BCUT2D eigenvalue weighted by Crippen LogP contribution is -2.33. The molecule has 2 atom stereocenters. The number of ether oxygens (including phenoxy) is 2. The third-order valence-corrected chi connectivity index (χ3v) is 6.72. The van der Waals surface area contributed by atoms with E-state index in [1.807, 2.05) is 48.5 Å². The van der Waals surface area contributed by atoms with Gasteiger partial charge in [0, 0.05) is 29.3 Å². The van der Waals surface area contributed by atoms with Crippen molar-refractivity contribution >= 4 is 22.6 Å². The molecule has 170 valence electrons. The predicted octanol–water partition coefficient (Wildman–Crippen LogP) is 4.26. The molecule has 1 aliphatic heterocycles. The molecule has 0 unspecified atom stereocenters. The Labute approximate surface area is 196 Å². The largest absolute Gasteiger partial charge is 0.493 e. The summed E-state index contributed by atoms with van der Waals surface area (Å²) in [6.07, 6.45) is 4.40. The van der Waals surface area contributed by atoms with Gasteiger partial charge in [-0.2, -0.15) is 10.1 Å². The van der Waals surface area contributed by atoms with Gasteiger partial charge in [-0.25, -0.2) is 4.68 Å². The van der Waals surface area contributed by atoms with Gasteiger partial charge in [0.15, 0.2) is 17.3 Å². The minimum atomic E-state index is -0.361. The number of hydrogen-bond donors (Lipinski definition) is 1. The van der Waals surface area contributed by atoms with Gasteiger partial charge >= 0.3 is 0 Å². The topological polar surface area (TPSA) is 91.2 Å². The fourth-order valence-corrected chi connectivity index (χ4v) is 5.14.